The smallest absolute Gasteiger partial charge is 0.122 e. The van der Waals surface area contributed by atoms with Crippen LogP contribution in [0.5, 0.6) is 5.75 Å². The number of benzene rings is 1. The van der Waals surface area contributed by atoms with Crippen LogP contribution in [-0.2, 0) is 12.8 Å². The summed E-state index contributed by atoms with van der Waals surface area (Å²) >= 11 is 0. The largest absolute Gasteiger partial charge is 0.493 e. The zero-order valence-electron chi connectivity index (χ0n) is 8.92. The van der Waals surface area contributed by atoms with E-state index in [2.05, 4.69) is 37.2 Å². The van der Waals surface area contributed by atoms with E-state index in [1.807, 2.05) is 0 Å². The molecule has 0 atom stereocenters. The fourth-order valence-electron chi connectivity index (χ4n) is 1.75. The molecule has 14 heavy (non-hydrogen) atoms. The Hall–Kier alpha value is -1.02. The van der Waals surface area contributed by atoms with Gasteiger partial charge in [-0.05, 0) is 37.7 Å². The maximum Gasteiger partial charge on any atom is 0.122 e. The number of ether oxygens (including phenoxy) is 1. The summed E-state index contributed by atoms with van der Waals surface area (Å²) in [6.07, 6.45) is 2.20. The van der Waals surface area contributed by atoms with Gasteiger partial charge in [0.2, 0.25) is 0 Å². The van der Waals surface area contributed by atoms with E-state index >= 15 is 0 Å². The summed E-state index contributed by atoms with van der Waals surface area (Å²) in [7, 11) is 4.22. The summed E-state index contributed by atoms with van der Waals surface area (Å²) < 4.78 is 5.47. The van der Waals surface area contributed by atoms with Crippen LogP contribution in [0.25, 0.3) is 0 Å². The third kappa shape index (κ3) is 2.07. The third-order valence-electron chi connectivity index (χ3n) is 2.60. The highest BCUT2D eigenvalue weighted by Crippen LogP contribution is 2.25. The minimum absolute atomic E-state index is 0.854. The van der Waals surface area contributed by atoms with Crippen molar-refractivity contribution in [1.82, 2.24) is 4.90 Å². The molecule has 2 rings (SSSR count). The van der Waals surface area contributed by atoms with E-state index in [1.165, 1.54) is 11.1 Å². The maximum atomic E-state index is 5.47. The zero-order chi connectivity index (χ0) is 9.97. The van der Waals surface area contributed by atoms with Crippen molar-refractivity contribution in [3.63, 3.8) is 0 Å². The summed E-state index contributed by atoms with van der Waals surface area (Å²) in [6, 6.07) is 6.56. The van der Waals surface area contributed by atoms with Crippen molar-refractivity contribution in [3.8, 4) is 5.75 Å². The Kier molecular flexibility index (Phi) is 2.73. The summed E-state index contributed by atoms with van der Waals surface area (Å²) in [5.41, 5.74) is 2.80. The highest BCUT2D eigenvalue weighted by molar-refractivity contribution is 5.39. The van der Waals surface area contributed by atoms with Gasteiger partial charge in [0.1, 0.15) is 5.75 Å². The van der Waals surface area contributed by atoms with Gasteiger partial charge in [0.05, 0.1) is 6.61 Å². The topological polar surface area (TPSA) is 12.5 Å². The normalized spacial score (nSPS) is 14.2. The third-order valence-corrected chi connectivity index (χ3v) is 2.60. The minimum atomic E-state index is 0.854. The van der Waals surface area contributed by atoms with Gasteiger partial charge >= 0.3 is 0 Å². The molecule has 0 spiro atoms. The second-order valence-electron chi connectivity index (χ2n) is 4.09. The van der Waals surface area contributed by atoms with Crippen LogP contribution in [0.1, 0.15) is 11.1 Å². The van der Waals surface area contributed by atoms with E-state index < -0.39 is 0 Å². The van der Waals surface area contributed by atoms with Crippen LogP contribution < -0.4 is 4.74 Å². The molecule has 1 aromatic carbocycles. The van der Waals surface area contributed by atoms with Gasteiger partial charge in [0.25, 0.3) is 0 Å². The first kappa shape index (κ1) is 9.53. The van der Waals surface area contributed by atoms with Crippen molar-refractivity contribution in [1.29, 1.82) is 0 Å². The predicted octanol–water partition coefficient (Wildman–Crippen LogP) is 1.73. The Labute approximate surface area is 85.5 Å². The molecule has 0 bridgehead atoms. The van der Waals surface area contributed by atoms with Crippen molar-refractivity contribution >= 4 is 0 Å². The van der Waals surface area contributed by atoms with Gasteiger partial charge in [0, 0.05) is 13.0 Å². The highest BCUT2D eigenvalue weighted by Gasteiger charge is 2.11. The first-order valence-corrected chi connectivity index (χ1v) is 5.15. The molecule has 2 heteroatoms. The summed E-state index contributed by atoms with van der Waals surface area (Å²) in [5.74, 6) is 1.08. The lowest BCUT2D eigenvalue weighted by atomic mass is 10.1. The molecule has 0 aromatic heterocycles. The van der Waals surface area contributed by atoms with Crippen molar-refractivity contribution in [2.24, 2.45) is 0 Å². The Bertz CT molecular complexity index is 320. The SMILES string of the molecule is CN(C)CCc1ccc2c(c1)CCO2. The molecular formula is C12H17NO. The lowest BCUT2D eigenvalue weighted by Crippen LogP contribution is -2.15. The van der Waals surface area contributed by atoms with Crippen molar-refractivity contribution in [2.45, 2.75) is 12.8 Å². The molecule has 0 unspecified atom stereocenters. The number of likely N-dealkylation sites (N-methyl/N-ethyl adjacent to an activating group) is 1. The Morgan fingerprint density at radius 1 is 1.36 bits per heavy atom. The standard InChI is InChI=1S/C12H17NO/c1-13(2)7-5-10-3-4-12-11(9-10)6-8-14-12/h3-4,9H,5-8H2,1-2H3. The quantitative estimate of drug-likeness (QED) is 0.721. The van der Waals surface area contributed by atoms with Gasteiger partial charge in [0.15, 0.2) is 0 Å². The first-order chi connectivity index (χ1) is 6.75. The van der Waals surface area contributed by atoms with Crippen LogP contribution in [0.15, 0.2) is 18.2 Å². The lowest BCUT2D eigenvalue weighted by Gasteiger charge is -2.09. The molecule has 2 nitrogen and oxygen atoms in total. The Morgan fingerprint density at radius 3 is 3.00 bits per heavy atom. The van der Waals surface area contributed by atoms with Crippen LogP contribution in [0.3, 0.4) is 0 Å². The molecule has 0 saturated carbocycles. The number of nitrogens with zero attached hydrogens (tertiary/aromatic N) is 1. The molecule has 76 valence electrons. The second kappa shape index (κ2) is 4.01. The van der Waals surface area contributed by atoms with Gasteiger partial charge in [-0.2, -0.15) is 0 Å². The molecule has 0 amide bonds. The number of hydrogen-bond donors (Lipinski definition) is 0. The van der Waals surface area contributed by atoms with Crippen LogP contribution in [-0.4, -0.2) is 32.1 Å². The summed E-state index contributed by atoms with van der Waals surface area (Å²) in [5, 5.41) is 0. The first-order valence-electron chi connectivity index (χ1n) is 5.15. The second-order valence-corrected chi connectivity index (χ2v) is 4.09. The van der Waals surface area contributed by atoms with E-state index in [-0.39, 0.29) is 0 Å². The Balaban J connectivity index is 2.05. The molecule has 0 saturated heterocycles. The summed E-state index contributed by atoms with van der Waals surface area (Å²) in [4.78, 5) is 2.21. The van der Waals surface area contributed by atoms with E-state index in [4.69, 9.17) is 4.74 Å². The molecule has 1 aliphatic rings. The maximum absolute atomic E-state index is 5.47. The van der Waals surface area contributed by atoms with E-state index in [0.29, 0.717) is 0 Å². The van der Waals surface area contributed by atoms with Crippen molar-refractivity contribution in [2.75, 3.05) is 27.2 Å². The minimum Gasteiger partial charge on any atom is -0.493 e. The predicted molar refractivity (Wildman–Crippen MR) is 57.9 cm³/mol. The monoisotopic (exact) mass is 191 g/mol. The number of rotatable bonds is 3. The van der Waals surface area contributed by atoms with E-state index in [9.17, 15) is 0 Å². The highest BCUT2D eigenvalue weighted by atomic mass is 16.5. The van der Waals surface area contributed by atoms with Crippen molar-refractivity contribution < 1.29 is 4.74 Å². The van der Waals surface area contributed by atoms with Gasteiger partial charge in [-0.1, -0.05) is 12.1 Å². The molecule has 1 heterocycles. The molecule has 0 fully saturated rings. The fourth-order valence-corrected chi connectivity index (χ4v) is 1.75. The van der Waals surface area contributed by atoms with E-state index in [0.717, 1.165) is 31.7 Å². The average Bonchev–Trinajstić information content (AvgIpc) is 2.61. The lowest BCUT2D eigenvalue weighted by molar-refractivity contribution is 0.356. The van der Waals surface area contributed by atoms with Crippen LogP contribution in [0, 0.1) is 0 Å². The average molecular weight is 191 g/mol. The molecule has 1 aromatic rings. The van der Waals surface area contributed by atoms with Gasteiger partial charge in [-0.3, -0.25) is 0 Å². The molecule has 0 aliphatic carbocycles. The van der Waals surface area contributed by atoms with E-state index in [1.54, 1.807) is 0 Å². The molecular weight excluding hydrogens is 174 g/mol. The molecule has 1 aliphatic heterocycles. The van der Waals surface area contributed by atoms with Crippen LogP contribution >= 0.6 is 0 Å². The Morgan fingerprint density at radius 2 is 2.21 bits per heavy atom. The van der Waals surface area contributed by atoms with Crippen molar-refractivity contribution in [3.05, 3.63) is 29.3 Å². The number of fused-ring (bicyclic) bond motifs is 1. The molecule has 0 N–H and O–H groups in total. The summed E-state index contributed by atoms with van der Waals surface area (Å²) in [6.45, 7) is 1.96. The van der Waals surface area contributed by atoms with Gasteiger partial charge in [-0.25, -0.2) is 0 Å². The fraction of sp³-hybridized carbons (Fsp3) is 0.500. The van der Waals surface area contributed by atoms with Crippen LogP contribution in [0.4, 0.5) is 0 Å². The van der Waals surface area contributed by atoms with Gasteiger partial charge < -0.3 is 9.64 Å². The number of hydrogen-bond acceptors (Lipinski definition) is 2. The molecule has 0 radical (unpaired) electrons. The zero-order valence-corrected chi connectivity index (χ0v) is 8.92. The van der Waals surface area contributed by atoms with Crippen LogP contribution in [0.2, 0.25) is 0 Å². The van der Waals surface area contributed by atoms with Gasteiger partial charge in [-0.15, -0.1) is 0 Å².